The number of carbonyl (C=O) groups excluding carboxylic acids is 2. The van der Waals surface area contributed by atoms with Gasteiger partial charge >= 0.3 is 5.97 Å². The van der Waals surface area contributed by atoms with Gasteiger partial charge in [-0.1, -0.05) is 48.5 Å². The largest absolute Gasteiger partial charge is 0.462 e. The number of benzene rings is 2. The van der Waals surface area contributed by atoms with Crippen LogP contribution in [0.3, 0.4) is 0 Å². The molecule has 4 aromatic rings. The highest BCUT2D eigenvalue weighted by molar-refractivity contribution is 6.15. The van der Waals surface area contributed by atoms with E-state index < -0.39 is 5.97 Å². The summed E-state index contributed by atoms with van der Waals surface area (Å²) in [6.45, 7) is 4.01. The van der Waals surface area contributed by atoms with Crippen molar-refractivity contribution >= 4 is 40.1 Å². The third kappa shape index (κ3) is 6.16. The molecule has 2 aromatic carbocycles. The van der Waals surface area contributed by atoms with Crippen LogP contribution in [0, 0.1) is 0 Å². The Labute approximate surface area is 232 Å². The Morgan fingerprint density at radius 2 is 1.59 bits per heavy atom. The highest BCUT2D eigenvalue weighted by Gasteiger charge is 2.30. The molecule has 5 rings (SSSR count). The molecule has 0 unspecified atom stereocenters. The van der Waals surface area contributed by atoms with E-state index in [9.17, 15) is 14.4 Å². The van der Waals surface area contributed by atoms with E-state index in [0.717, 1.165) is 16.5 Å². The summed E-state index contributed by atoms with van der Waals surface area (Å²) in [5.74, 6) is -0.516. The SMILES string of the molecule is CCOC(=O)c1c(N2CCN(C(=O)c3ccco3)CC2)c2ccccc2n(Cc2ccccc2)c1=O.CCl.N. The van der Waals surface area contributed by atoms with Gasteiger partial charge in [0.05, 0.1) is 30.6 Å². The standard InChI is InChI=1S/C28H27N3O5.CH3Cl.H3N/c1-2-35-28(34)24-25(29-14-16-30(17-15-29)26(32)23-13-8-18-36-23)21-11-6-7-12-22(21)31(27(24)33)19-20-9-4-3-5-10-20;1-2;/h3-13,18H,2,14-17,19H2,1H3;1H3;1H3. The average Bonchev–Trinajstić information content (AvgIpc) is 3.51. The van der Waals surface area contributed by atoms with E-state index in [-0.39, 0.29) is 29.8 Å². The first kappa shape index (κ1) is 29.5. The van der Waals surface area contributed by atoms with Crippen LogP contribution in [-0.2, 0) is 11.3 Å². The number of pyridine rings is 1. The molecule has 0 bridgehead atoms. The third-order valence-electron chi connectivity index (χ3n) is 6.42. The second-order valence-corrected chi connectivity index (χ2v) is 8.59. The van der Waals surface area contributed by atoms with Crippen LogP contribution in [0.1, 0.15) is 33.4 Å². The molecule has 0 saturated carbocycles. The van der Waals surface area contributed by atoms with Crippen LogP contribution in [0.25, 0.3) is 10.9 Å². The molecule has 0 atom stereocenters. The zero-order valence-corrected chi connectivity index (χ0v) is 22.9. The number of halogens is 1. The monoisotopic (exact) mass is 552 g/mol. The summed E-state index contributed by atoms with van der Waals surface area (Å²) in [7, 11) is 0. The Kier molecular flexibility index (Phi) is 10.3. The summed E-state index contributed by atoms with van der Waals surface area (Å²) in [5.41, 5.74) is 1.89. The van der Waals surface area contributed by atoms with Gasteiger partial charge in [0.25, 0.3) is 11.5 Å². The number of fused-ring (bicyclic) bond motifs is 1. The summed E-state index contributed by atoms with van der Waals surface area (Å²) >= 11 is 4.64. The fourth-order valence-electron chi connectivity index (χ4n) is 4.72. The molecular weight excluding hydrogens is 520 g/mol. The molecule has 9 nitrogen and oxygen atoms in total. The summed E-state index contributed by atoms with van der Waals surface area (Å²) in [5, 5.41) is 0.793. The van der Waals surface area contributed by atoms with Gasteiger partial charge in [-0.05, 0) is 30.7 Å². The van der Waals surface area contributed by atoms with Crippen molar-refractivity contribution in [1.82, 2.24) is 15.6 Å². The van der Waals surface area contributed by atoms with Gasteiger partial charge in [0.1, 0.15) is 5.56 Å². The van der Waals surface area contributed by atoms with E-state index >= 15 is 0 Å². The Balaban J connectivity index is 0.00000137. The van der Waals surface area contributed by atoms with Gasteiger partial charge in [-0.3, -0.25) is 9.59 Å². The minimum Gasteiger partial charge on any atom is -0.462 e. The lowest BCUT2D eigenvalue weighted by molar-refractivity contribution is 0.0523. The summed E-state index contributed by atoms with van der Waals surface area (Å²) in [6, 6.07) is 20.6. The van der Waals surface area contributed by atoms with Crippen LogP contribution >= 0.6 is 11.6 Å². The minimum absolute atomic E-state index is 0. The number of rotatable bonds is 6. The number of aromatic nitrogens is 1. The first-order chi connectivity index (χ1) is 18.6. The molecule has 0 aliphatic carbocycles. The van der Waals surface area contributed by atoms with Crippen molar-refractivity contribution in [3.05, 3.63) is 100 Å². The van der Waals surface area contributed by atoms with Crippen LogP contribution in [0.2, 0.25) is 0 Å². The van der Waals surface area contributed by atoms with Crippen molar-refractivity contribution in [3.8, 4) is 0 Å². The van der Waals surface area contributed by atoms with Crippen LogP contribution in [0.4, 0.5) is 5.69 Å². The highest BCUT2D eigenvalue weighted by Crippen LogP contribution is 2.31. The molecule has 10 heteroatoms. The van der Waals surface area contributed by atoms with Crippen molar-refractivity contribution in [3.63, 3.8) is 0 Å². The molecule has 206 valence electrons. The summed E-state index contributed by atoms with van der Waals surface area (Å²) < 4.78 is 12.2. The second kappa shape index (κ2) is 13.6. The number of carbonyl (C=O) groups is 2. The molecule has 3 N–H and O–H groups in total. The summed E-state index contributed by atoms with van der Waals surface area (Å²) in [6.07, 6.45) is 2.95. The van der Waals surface area contributed by atoms with Crippen LogP contribution in [0.15, 0.2) is 82.2 Å². The number of alkyl halides is 1. The van der Waals surface area contributed by atoms with Gasteiger partial charge in [0.2, 0.25) is 0 Å². The molecule has 1 aliphatic rings. The van der Waals surface area contributed by atoms with Gasteiger partial charge in [0, 0.05) is 37.9 Å². The molecule has 0 spiro atoms. The number of furan rings is 1. The van der Waals surface area contributed by atoms with E-state index in [4.69, 9.17) is 9.15 Å². The molecular formula is C29H33ClN4O5. The van der Waals surface area contributed by atoms with Gasteiger partial charge < -0.3 is 29.7 Å². The maximum atomic E-state index is 13.9. The van der Waals surface area contributed by atoms with E-state index in [0.29, 0.717) is 44.2 Å². The molecule has 3 heterocycles. The van der Waals surface area contributed by atoms with Crippen molar-refractivity contribution in [2.75, 3.05) is 44.1 Å². The fourth-order valence-corrected chi connectivity index (χ4v) is 4.72. The van der Waals surface area contributed by atoms with Crippen molar-refractivity contribution in [2.45, 2.75) is 13.5 Å². The number of para-hydroxylation sites is 1. The molecule has 1 saturated heterocycles. The minimum atomic E-state index is -0.640. The number of anilines is 1. The van der Waals surface area contributed by atoms with E-state index in [1.54, 1.807) is 28.5 Å². The van der Waals surface area contributed by atoms with E-state index in [1.165, 1.54) is 12.6 Å². The van der Waals surface area contributed by atoms with Crippen molar-refractivity contribution in [1.29, 1.82) is 0 Å². The maximum absolute atomic E-state index is 13.9. The smallest absolute Gasteiger partial charge is 0.345 e. The maximum Gasteiger partial charge on any atom is 0.345 e. The first-order valence-electron chi connectivity index (χ1n) is 12.4. The van der Waals surface area contributed by atoms with E-state index in [1.807, 2.05) is 59.5 Å². The highest BCUT2D eigenvalue weighted by atomic mass is 35.5. The van der Waals surface area contributed by atoms with Crippen LogP contribution < -0.4 is 16.6 Å². The van der Waals surface area contributed by atoms with Gasteiger partial charge in [-0.15, -0.1) is 11.6 Å². The molecule has 0 radical (unpaired) electrons. The molecule has 1 fully saturated rings. The number of hydrogen-bond acceptors (Lipinski definition) is 7. The summed E-state index contributed by atoms with van der Waals surface area (Å²) in [4.78, 5) is 43.5. The topological polar surface area (TPSA) is 120 Å². The molecule has 1 amide bonds. The van der Waals surface area contributed by atoms with Crippen LogP contribution in [-0.4, -0.2) is 60.5 Å². The number of piperazine rings is 1. The number of hydrogen-bond donors (Lipinski definition) is 1. The molecule has 39 heavy (non-hydrogen) atoms. The normalized spacial score (nSPS) is 12.8. The average molecular weight is 553 g/mol. The predicted octanol–water partition coefficient (Wildman–Crippen LogP) is 4.80. The Bertz CT molecular complexity index is 1450. The quantitative estimate of drug-likeness (QED) is 0.269. The third-order valence-corrected chi connectivity index (χ3v) is 6.42. The Morgan fingerprint density at radius 3 is 2.23 bits per heavy atom. The predicted molar refractivity (Wildman–Crippen MR) is 153 cm³/mol. The lowest BCUT2D eigenvalue weighted by Gasteiger charge is -2.37. The Hall–Kier alpha value is -4.08. The van der Waals surface area contributed by atoms with Gasteiger partial charge in [-0.2, -0.15) is 0 Å². The zero-order valence-electron chi connectivity index (χ0n) is 22.1. The van der Waals surface area contributed by atoms with Gasteiger partial charge in [0.15, 0.2) is 5.76 Å². The fraction of sp³-hybridized carbons (Fsp3) is 0.276. The molecule has 1 aliphatic heterocycles. The van der Waals surface area contributed by atoms with Crippen molar-refractivity contribution in [2.24, 2.45) is 0 Å². The number of esters is 1. The number of nitrogens with zero attached hydrogens (tertiary/aromatic N) is 3. The first-order valence-corrected chi connectivity index (χ1v) is 13.2. The zero-order chi connectivity index (χ0) is 27.1. The van der Waals surface area contributed by atoms with Crippen molar-refractivity contribution < 1.29 is 18.7 Å². The lowest BCUT2D eigenvalue weighted by Crippen LogP contribution is -2.49. The Morgan fingerprint density at radius 1 is 0.923 bits per heavy atom. The second-order valence-electron chi connectivity index (χ2n) is 8.59. The number of ether oxygens (including phenoxy) is 1. The van der Waals surface area contributed by atoms with Gasteiger partial charge in [-0.25, -0.2) is 4.79 Å². The molecule has 2 aromatic heterocycles. The van der Waals surface area contributed by atoms with E-state index in [2.05, 4.69) is 11.6 Å². The number of amides is 1. The lowest BCUT2D eigenvalue weighted by atomic mass is 10.0. The van der Waals surface area contributed by atoms with Crippen LogP contribution in [0.5, 0.6) is 0 Å².